The quantitative estimate of drug-likeness (QED) is 0.0623. The van der Waals surface area contributed by atoms with Crippen molar-refractivity contribution in [1.29, 1.82) is 0 Å². The minimum absolute atomic E-state index is 0.0329. The summed E-state index contributed by atoms with van der Waals surface area (Å²) in [4.78, 5) is 21.9. The molecule has 4 N–H and O–H groups in total. The van der Waals surface area contributed by atoms with E-state index in [0.29, 0.717) is 30.3 Å². The largest absolute Gasteiger partial charge is 0.390 e. The first-order chi connectivity index (χ1) is 24.2. The molecule has 14 atom stereocenters. The number of fused-ring (bicyclic) bond motifs is 5. The summed E-state index contributed by atoms with van der Waals surface area (Å²) in [6.07, 6.45) is 18.0. The molecule has 5 aliphatic rings. The van der Waals surface area contributed by atoms with E-state index in [1.54, 1.807) is 0 Å². The van der Waals surface area contributed by atoms with Crippen molar-refractivity contribution in [3.05, 3.63) is 12.2 Å². The van der Waals surface area contributed by atoms with E-state index in [-0.39, 0.29) is 36.7 Å². The molecular formula is C42H75O8P. The second-order valence-electron chi connectivity index (χ2n) is 18.3. The second kappa shape index (κ2) is 17.7. The van der Waals surface area contributed by atoms with Gasteiger partial charge >= 0.3 is 7.60 Å². The maximum Gasteiger partial charge on any atom is 0.357 e. The molecule has 8 nitrogen and oxygen atoms in total. The molecule has 0 bridgehead atoms. The lowest BCUT2D eigenvalue weighted by molar-refractivity contribution is -0.223. The molecule has 51 heavy (non-hydrogen) atoms. The Morgan fingerprint density at radius 1 is 0.922 bits per heavy atom. The number of aliphatic hydroxyl groups excluding tert-OH is 2. The third-order valence-electron chi connectivity index (χ3n) is 15.2. The van der Waals surface area contributed by atoms with Crippen LogP contribution in [0, 0.1) is 46.3 Å². The normalized spacial score (nSPS) is 41.6. The van der Waals surface area contributed by atoms with Crippen LogP contribution in [0.3, 0.4) is 0 Å². The van der Waals surface area contributed by atoms with Gasteiger partial charge in [-0.25, -0.2) is 0 Å². The van der Waals surface area contributed by atoms with E-state index in [1.807, 2.05) is 13.0 Å². The minimum atomic E-state index is -4.71. The van der Waals surface area contributed by atoms with Gasteiger partial charge in [0, 0.05) is 19.4 Å². The minimum Gasteiger partial charge on any atom is -0.390 e. The Balaban J connectivity index is 1.22. The van der Waals surface area contributed by atoms with Crippen molar-refractivity contribution >= 4 is 7.60 Å². The fourth-order valence-electron chi connectivity index (χ4n) is 12.4. The van der Waals surface area contributed by atoms with E-state index in [0.717, 1.165) is 56.3 Å². The van der Waals surface area contributed by atoms with Gasteiger partial charge in [0.2, 0.25) is 0 Å². The van der Waals surface area contributed by atoms with Gasteiger partial charge in [-0.15, -0.1) is 0 Å². The molecule has 1 heterocycles. The summed E-state index contributed by atoms with van der Waals surface area (Å²) in [7, 11) is -4.71. The maximum atomic E-state index is 13.4. The molecule has 8 unspecified atom stereocenters. The molecule has 296 valence electrons. The van der Waals surface area contributed by atoms with Gasteiger partial charge in [-0.2, -0.15) is 0 Å². The van der Waals surface area contributed by atoms with Gasteiger partial charge in [-0.1, -0.05) is 85.8 Å². The van der Waals surface area contributed by atoms with Crippen LogP contribution >= 0.6 is 7.60 Å². The summed E-state index contributed by atoms with van der Waals surface area (Å²) < 4.78 is 32.0. The first-order valence-electron chi connectivity index (χ1n) is 21.3. The van der Waals surface area contributed by atoms with Crippen LogP contribution in [-0.4, -0.2) is 62.7 Å². The third kappa shape index (κ3) is 8.90. The number of allylic oxidation sites excluding steroid dienone is 1. The lowest BCUT2D eigenvalue weighted by atomic mass is 9.44. The van der Waals surface area contributed by atoms with Crippen LogP contribution in [0.1, 0.15) is 164 Å². The van der Waals surface area contributed by atoms with E-state index >= 15 is 0 Å². The van der Waals surface area contributed by atoms with Crippen LogP contribution in [-0.2, 0) is 18.8 Å². The Morgan fingerprint density at radius 3 is 2.39 bits per heavy atom. The Labute approximate surface area is 310 Å². The number of ether oxygens (including phenoxy) is 3. The highest BCUT2D eigenvalue weighted by molar-refractivity contribution is 7.53. The highest BCUT2D eigenvalue weighted by Crippen LogP contribution is 2.72. The number of hydrogen-bond donors (Lipinski definition) is 4. The van der Waals surface area contributed by atoms with E-state index in [4.69, 9.17) is 14.2 Å². The monoisotopic (exact) mass is 739 g/mol. The van der Waals surface area contributed by atoms with Crippen LogP contribution in [0.25, 0.3) is 0 Å². The van der Waals surface area contributed by atoms with Gasteiger partial charge in [0.1, 0.15) is 6.10 Å². The summed E-state index contributed by atoms with van der Waals surface area (Å²) >= 11 is 0. The smallest absolute Gasteiger partial charge is 0.357 e. The van der Waals surface area contributed by atoms with Crippen LogP contribution in [0.2, 0.25) is 0 Å². The lowest BCUT2D eigenvalue weighted by Gasteiger charge is -2.62. The summed E-state index contributed by atoms with van der Waals surface area (Å²) in [5.41, 5.74) is 0.450. The Morgan fingerprint density at radius 2 is 1.69 bits per heavy atom. The summed E-state index contributed by atoms with van der Waals surface area (Å²) in [5, 5.41) is 20.7. The summed E-state index contributed by atoms with van der Waals surface area (Å²) in [6.45, 7) is 14.6. The molecule has 5 rings (SSSR count). The van der Waals surface area contributed by atoms with Crippen molar-refractivity contribution < 1.29 is 38.8 Å². The second-order valence-corrected chi connectivity index (χ2v) is 20.2. The van der Waals surface area contributed by atoms with Gasteiger partial charge in [0.05, 0.1) is 18.3 Å². The van der Waals surface area contributed by atoms with Crippen molar-refractivity contribution in [1.82, 2.24) is 0 Å². The average molecular weight is 739 g/mol. The molecule has 4 aliphatic carbocycles. The van der Waals surface area contributed by atoms with Crippen molar-refractivity contribution in [2.24, 2.45) is 46.3 Å². The molecule has 0 aromatic rings. The van der Waals surface area contributed by atoms with Crippen LogP contribution < -0.4 is 0 Å². The molecule has 0 amide bonds. The molecule has 1 saturated heterocycles. The highest BCUT2D eigenvalue weighted by atomic mass is 31.2. The molecule has 4 saturated carbocycles. The number of aliphatic hydroxyl groups is 2. The molecule has 5 fully saturated rings. The number of rotatable bonds is 18. The van der Waals surface area contributed by atoms with E-state index in [1.165, 1.54) is 57.8 Å². The molecule has 1 aliphatic heterocycles. The Hall–Kier alpha value is -0.310. The zero-order valence-electron chi connectivity index (χ0n) is 33.0. The van der Waals surface area contributed by atoms with Crippen LogP contribution in [0.15, 0.2) is 12.2 Å². The zero-order chi connectivity index (χ0) is 37.0. The Bertz CT molecular complexity index is 1180. The molecule has 0 radical (unpaired) electrons. The molecule has 0 spiro atoms. The van der Waals surface area contributed by atoms with E-state index in [9.17, 15) is 24.6 Å². The lowest BCUT2D eigenvalue weighted by Crippen LogP contribution is -2.56. The SMILES string of the molecule is CCCCCCC=CC(CC(O)[C@@H]1OC(OC2(P(=O)(O)O)CC[C@@]3(C)C(CCC4C3CC[C@@]3(C)C4CC[C@@H]3[C@H](C)CCC)C2)C[C@@H]1O)OCCC. The molecular weight excluding hydrogens is 663 g/mol. The fraction of sp³-hybridized carbons (Fsp3) is 0.952. The average Bonchev–Trinajstić information content (AvgIpc) is 3.63. The fourth-order valence-corrected chi connectivity index (χ4v) is 13.5. The summed E-state index contributed by atoms with van der Waals surface area (Å²) in [6, 6.07) is 0. The van der Waals surface area contributed by atoms with Crippen LogP contribution in [0.5, 0.6) is 0 Å². The molecule has 0 aromatic heterocycles. The van der Waals surface area contributed by atoms with Crippen LogP contribution in [0.4, 0.5) is 0 Å². The van der Waals surface area contributed by atoms with Crippen molar-refractivity contribution in [3.63, 3.8) is 0 Å². The van der Waals surface area contributed by atoms with Crippen molar-refractivity contribution in [2.75, 3.05) is 6.61 Å². The van der Waals surface area contributed by atoms with Crippen molar-refractivity contribution in [3.8, 4) is 0 Å². The van der Waals surface area contributed by atoms with Gasteiger partial charge < -0.3 is 34.2 Å². The topological polar surface area (TPSA) is 126 Å². The predicted molar refractivity (Wildman–Crippen MR) is 203 cm³/mol. The van der Waals surface area contributed by atoms with Crippen molar-refractivity contribution in [2.45, 2.75) is 200 Å². The first kappa shape index (κ1) is 41.8. The number of unbranched alkanes of at least 4 members (excludes halogenated alkanes) is 4. The molecule has 0 aromatic carbocycles. The zero-order valence-corrected chi connectivity index (χ0v) is 33.9. The van der Waals surface area contributed by atoms with Gasteiger partial charge in [-0.3, -0.25) is 4.57 Å². The maximum absolute atomic E-state index is 13.4. The predicted octanol–water partition coefficient (Wildman–Crippen LogP) is 9.52. The van der Waals surface area contributed by atoms with Gasteiger partial charge in [0.25, 0.3) is 0 Å². The van der Waals surface area contributed by atoms with E-state index < -0.39 is 37.5 Å². The summed E-state index contributed by atoms with van der Waals surface area (Å²) in [5.74, 6) is 3.79. The first-order valence-corrected chi connectivity index (χ1v) is 22.9. The molecule has 9 heteroatoms. The van der Waals surface area contributed by atoms with Gasteiger partial charge in [-0.05, 0) is 123 Å². The third-order valence-corrected chi connectivity index (χ3v) is 16.7. The van der Waals surface area contributed by atoms with Gasteiger partial charge in [0.15, 0.2) is 11.6 Å². The van der Waals surface area contributed by atoms with E-state index in [2.05, 4.69) is 40.7 Å². The standard InChI is InChI=1S/C42H75O8P/c1-7-10-11-12-13-14-16-31(48-25-9-3)26-36(43)39-37(44)27-38(49-39)50-42(51(45,46)47)24-23-40(5)30(28-42)17-18-32-34-20-19-33(29(4)15-8-2)41(34,6)22-21-35(32)40/h14,16,29-39,43-44H,7-13,15,17-28H2,1-6H3,(H2,45,46,47)/t29-,30?,31?,32?,33-,34?,35?,36?,37+,38?,39+,40+,41-,42?/m1/s1. The number of hydrogen-bond acceptors (Lipinski definition) is 6. The highest BCUT2D eigenvalue weighted by Gasteiger charge is 2.65. The Kier molecular flexibility index (Phi) is 14.5.